The van der Waals surface area contributed by atoms with Crippen molar-refractivity contribution in [1.82, 2.24) is 4.90 Å². The van der Waals surface area contributed by atoms with Gasteiger partial charge in [-0.05, 0) is 19.1 Å². The Labute approximate surface area is 146 Å². The third-order valence-corrected chi connectivity index (χ3v) is 5.01. The minimum atomic E-state index is -0.337. The van der Waals surface area contributed by atoms with E-state index in [2.05, 4.69) is 0 Å². The van der Waals surface area contributed by atoms with Crippen LogP contribution in [-0.4, -0.2) is 49.9 Å². The lowest BCUT2D eigenvalue weighted by molar-refractivity contribution is -0.145. The lowest BCUT2D eigenvalue weighted by Gasteiger charge is -2.25. The molecule has 1 amide bonds. The minimum absolute atomic E-state index is 0.0454. The molecule has 7 heteroatoms. The summed E-state index contributed by atoms with van der Waals surface area (Å²) in [7, 11) is 3.20. The van der Waals surface area contributed by atoms with Crippen molar-refractivity contribution in [3.63, 3.8) is 0 Å². The van der Waals surface area contributed by atoms with Gasteiger partial charge in [0, 0.05) is 30.3 Å². The largest absolute Gasteiger partial charge is 0.497 e. The molecule has 1 aromatic rings. The molecular formula is C17H23NO5S. The molecule has 1 heterocycles. The van der Waals surface area contributed by atoms with E-state index in [0.717, 1.165) is 11.3 Å². The second-order valence-corrected chi connectivity index (χ2v) is 6.41. The summed E-state index contributed by atoms with van der Waals surface area (Å²) in [6, 6.07) is 5.60. The molecule has 0 aliphatic carbocycles. The topological polar surface area (TPSA) is 65.1 Å². The molecule has 1 aliphatic rings. The van der Waals surface area contributed by atoms with Gasteiger partial charge in [0.2, 0.25) is 5.91 Å². The predicted molar refractivity (Wildman–Crippen MR) is 92.3 cm³/mol. The molecule has 1 atom stereocenters. The Hall–Kier alpha value is -1.89. The molecule has 1 fully saturated rings. The molecular weight excluding hydrogens is 330 g/mol. The SMILES string of the molecule is CCOC(=O)CCC(=O)N1CCSC1c1ccc(OC)cc1OC. The van der Waals surface area contributed by atoms with E-state index in [-0.39, 0.29) is 30.1 Å². The van der Waals surface area contributed by atoms with Crippen LogP contribution in [0.1, 0.15) is 30.7 Å². The van der Waals surface area contributed by atoms with Crippen LogP contribution in [0.4, 0.5) is 0 Å². The van der Waals surface area contributed by atoms with Crippen LogP contribution in [0.5, 0.6) is 11.5 Å². The summed E-state index contributed by atoms with van der Waals surface area (Å²) in [5.74, 6) is 1.87. The highest BCUT2D eigenvalue weighted by Gasteiger charge is 2.32. The van der Waals surface area contributed by atoms with E-state index < -0.39 is 0 Å². The molecule has 6 nitrogen and oxygen atoms in total. The van der Waals surface area contributed by atoms with E-state index >= 15 is 0 Å². The lowest BCUT2D eigenvalue weighted by Crippen LogP contribution is -2.31. The van der Waals surface area contributed by atoms with Gasteiger partial charge < -0.3 is 19.1 Å². The van der Waals surface area contributed by atoms with Crippen LogP contribution in [0.25, 0.3) is 0 Å². The first kappa shape index (κ1) is 18.4. The van der Waals surface area contributed by atoms with Crippen molar-refractivity contribution < 1.29 is 23.8 Å². The van der Waals surface area contributed by atoms with Gasteiger partial charge in [-0.1, -0.05) is 0 Å². The number of hydrogen-bond acceptors (Lipinski definition) is 6. The Balaban J connectivity index is 2.10. The van der Waals surface area contributed by atoms with Gasteiger partial charge in [-0.15, -0.1) is 11.8 Å². The van der Waals surface area contributed by atoms with E-state index in [1.54, 1.807) is 37.8 Å². The third-order valence-electron chi connectivity index (χ3n) is 3.77. The highest BCUT2D eigenvalue weighted by molar-refractivity contribution is 7.99. The zero-order chi connectivity index (χ0) is 17.5. The monoisotopic (exact) mass is 353 g/mol. The molecule has 0 aromatic heterocycles. The average molecular weight is 353 g/mol. The number of carbonyl (C=O) groups is 2. The molecule has 1 unspecified atom stereocenters. The first-order valence-corrected chi connectivity index (χ1v) is 8.94. The van der Waals surface area contributed by atoms with Crippen molar-refractivity contribution >= 4 is 23.6 Å². The molecule has 2 rings (SSSR count). The fraction of sp³-hybridized carbons (Fsp3) is 0.529. The zero-order valence-electron chi connectivity index (χ0n) is 14.2. The number of nitrogens with zero attached hydrogens (tertiary/aromatic N) is 1. The summed E-state index contributed by atoms with van der Waals surface area (Å²) in [6.07, 6.45) is 0.272. The van der Waals surface area contributed by atoms with Crippen molar-refractivity contribution in [2.45, 2.75) is 25.1 Å². The summed E-state index contributed by atoms with van der Waals surface area (Å²) in [5, 5.41) is -0.111. The second-order valence-electron chi connectivity index (χ2n) is 5.22. The first-order valence-electron chi connectivity index (χ1n) is 7.89. The normalized spacial score (nSPS) is 16.8. The molecule has 132 valence electrons. The summed E-state index contributed by atoms with van der Waals surface area (Å²) >= 11 is 1.69. The maximum absolute atomic E-state index is 12.5. The number of amides is 1. The fourth-order valence-electron chi connectivity index (χ4n) is 2.59. The highest BCUT2D eigenvalue weighted by atomic mass is 32.2. The molecule has 1 saturated heterocycles. The van der Waals surface area contributed by atoms with Crippen molar-refractivity contribution in [3.8, 4) is 11.5 Å². The van der Waals surface area contributed by atoms with Crippen LogP contribution in [0.15, 0.2) is 18.2 Å². The summed E-state index contributed by atoms with van der Waals surface area (Å²) in [4.78, 5) is 25.8. The molecule has 1 aromatic carbocycles. The van der Waals surface area contributed by atoms with Gasteiger partial charge in [-0.2, -0.15) is 0 Å². The maximum Gasteiger partial charge on any atom is 0.306 e. The van der Waals surface area contributed by atoms with Crippen LogP contribution in [0.3, 0.4) is 0 Å². The predicted octanol–water partition coefficient (Wildman–Crippen LogP) is 2.62. The Morgan fingerprint density at radius 3 is 2.71 bits per heavy atom. The third kappa shape index (κ3) is 4.35. The van der Waals surface area contributed by atoms with Crippen LogP contribution >= 0.6 is 11.8 Å². The second kappa shape index (κ2) is 8.82. The number of esters is 1. The number of carbonyl (C=O) groups excluding carboxylic acids is 2. The van der Waals surface area contributed by atoms with Gasteiger partial charge in [-0.3, -0.25) is 9.59 Å². The zero-order valence-corrected chi connectivity index (χ0v) is 15.1. The standard InChI is InChI=1S/C17H23NO5S/c1-4-23-16(20)8-7-15(19)18-9-10-24-17(18)13-6-5-12(21-2)11-14(13)22-3/h5-6,11,17H,4,7-10H2,1-3H3. The quantitative estimate of drug-likeness (QED) is 0.702. The van der Waals surface area contributed by atoms with E-state index in [9.17, 15) is 9.59 Å². The van der Waals surface area contributed by atoms with E-state index in [1.807, 2.05) is 18.2 Å². The maximum atomic E-state index is 12.5. The van der Waals surface area contributed by atoms with Gasteiger partial charge in [0.1, 0.15) is 16.9 Å². The Bertz CT molecular complexity index is 592. The van der Waals surface area contributed by atoms with Gasteiger partial charge in [0.25, 0.3) is 0 Å². The van der Waals surface area contributed by atoms with Crippen molar-refractivity contribution in [2.75, 3.05) is 33.1 Å². The van der Waals surface area contributed by atoms with Crippen molar-refractivity contribution in [3.05, 3.63) is 23.8 Å². The van der Waals surface area contributed by atoms with E-state index in [0.29, 0.717) is 24.7 Å². The molecule has 24 heavy (non-hydrogen) atoms. The highest BCUT2D eigenvalue weighted by Crippen LogP contribution is 2.43. The number of ether oxygens (including phenoxy) is 3. The summed E-state index contributed by atoms with van der Waals surface area (Å²) in [5.41, 5.74) is 0.935. The van der Waals surface area contributed by atoms with Crippen LogP contribution in [0, 0.1) is 0 Å². The smallest absolute Gasteiger partial charge is 0.306 e. The average Bonchev–Trinajstić information content (AvgIpc) is 3.08. The van der Waals surface area contributed by atoms with Crippen LogP contribution in [-0.2, 0) is 14.3 Å². The Morgan fingerprint density at radius 1 is 1.25 bits per heavy atom. The fourth-order valence-corrected chi connectivity index (χ4v) is 3.89. The van der Waals surface area contributed by atoms with Gasteiger partial charge in [0.05, 0.1) is 27.2 Å². The van der Waals surface area contributed by atoms with Gasteiger partial charge in [-0.25, -0.2) is 0 Å². The number of hydrogen-bond donors (Lipinski definition) is 0. The van der Waals surface area contributed by atoms with E-state index in [4.69, 9.17) is 14.2 Å². The van der Waals surface area contributed by atoms with Gasteiger partial charge >= 0.3 is 5.97 Å². The van der Waals surface area contributed by atoms with Crippen LogP contribution in [0.2, 0.25) is 0 Å². The van der Waals surface area contributed by atoms with Crippen LogP contribution < -0.4 is 9.47 Å². The van der Waals surface area contributed by atoms with E-state index in [1.165, 1.54) is 0 Å². The molecule has 0 N–H and O–H groups in total. The molecule has 0 bridgehead atoms. The number of thioether (sulfide) groups is 1. The molecule has 0 radical (unpaired) electrons. The number of benzene rings is 1. The minimum Gasteiger partial charge on any atom is -0.497 e. The number of rotatable bonds is 7. The van der Waals surface area contributed by atoms with Gasteiger partial charge in [0.15, 0.2) is 0 Å². The van der Waals surface area contributed by atoms with Crippen molar-refractivity contribution in [1.29, 1.82) is 0 Å². The molecule has 0 spiro atoms. The Kier molecular flexibility index (Phi) is 6.78. The number of methoxy groups -OCH3 is 2. The molecule has 1 aliphatic heterocycles. The lowest BCUT2D eigenvalue weighted by atomic mass is 10.1. The van der Waals surface area contributed by atoms with Crippen molar-refractivity contribution in [2.24, 2.45) is 0 Å². The Morgan fingerprint density at radius 2 is 2.04 bits per heavy atom. The summed E-state index contributed by atoms with van der Waals surface area (Å²) < 4.78 is 15.6. The summed E-state index contributed by atoms with van der Waals surface area (Å²) in [6.45, 7) is 2.74. The first-order chi connectivity index (χ1) is 11.6. The molecule has 0 saturated carbocycles.